The summed E-state index contributed by atoms with van der Waals surface area (Å²) in [5, 5.41) is 9.00. The minimum atomic E-state index is -0.945. The average Bonchev–Trinajstić information content (AvgIpc) is 2.82. The third-order valence-electron chi connectivity index (χ3n) is 6.41. The minimum Gasteiger partial charge on any atom is -0.481 e. The van der Waals surface area contributed by atoms with Crippen molar-refractivity contribution in [1.29, 1.82) is 0 Å². The van der Waals surface area contributed by atoms with Crippen LogP contribution in [0.5, 0.6) is 0 Å². The van der Waals surface area contributed by atoms with E-state index < -0.39 is 17.9 Å². The van der Waals surface area contributed by atoms with Crippen LogP contribution in [-0.2, 0) is 14.3 Å². The first kappa shape index (κ1) is 32.4. The third-order valence-corrected chi connectivity index (χ3v) is 6.41. The summed E-state index contributed by atoms with van der Waals surface area (Å²) >= 11 is 0. The predicted molar refractivity (Wildman–Crippen MR) is 144 cm³/mol. The molecule has 0 aromatic rings. The SMILES string of the molecule is C=CCOC(=O)C(CCCCCCCCCCC/C=C/CCCCCCCCCC)CC(=O)O. The zero-order chi connectivity index (χ0) is 25.1. The molecule has 0 rings (SSSR count). The van der Waals surface area contributed by atoms with Gasteiger partial charge in [0.05, 0.1) is 12.3 Å². The standard InChI is InChI=1S/C30H54O4/c1-3-5-6-7-8-9-10-11-12-13-14-15-16-17-18-19-20-21-22-23-24-25-28(27-29(31)32)30(33)34-26-4-2/h4,13-14,28H,2-3,5-12,15-27H2,1H3,(H,31,32)/b14-13+. The predicted octanol–water partition coefficient (Wildman–Crippen LogP) is 9.18. The van der Waals surface area contributed by atoms with Crippen LogP contribution < -0.4 is 0 Å². The Bertz CT molecular complexity index is 512. The Labute approximate surface area is 210 Å². The highest BCUT2D eigenvalue weighted by Crippen LogP contribution is 2.18. The maximum atomic E-state index is 11.9. The molecule has 4 nitrogen and oxygen atoms in total. The van der Waals surface area contributed by atoms with Gasteiger partial charge in [-0.15, -0.1) is 0 Å². The average molecular weight is 479 g/mol. The summed E-state index contributed by atoms with van der Waals surface area (Å²) in [5.41, 5.74) is 0. The Kier molecular flexibility index (Phi) is 24.8. The van der Waals surface area contributed by atoms with E-state index in [4.69, 9.17) is 9.84 Å². The Balaban J connectivity index is 3.45. The lowest BCUT2D eigenvalue weighted by molar-refractivity contribution is -0.152. The second kappa shape index (κ2) is 26.0. The van der Waals surface area contributed by atoms with Gasteiger partial charge in [0.2, 0.25) is 0 Å². The molecule has 1 unspecified atom stereocenters. The fraction of sp³-hybridized carbons (Fsp3) is 0.800. The van der Waals surface area contributed by atoms with Crippen LogP contribution >= 0.6 is 0 Å². The summed E-state index contributed by atoms with van der Waals surface area (Å²) in [4.78, 5) is 22.9. The molecule has 0 spiro atoms. The van der Waals surface area contributed by atoms with Crippen molar-refractivity contribution in [3.05, 3.63) is 24.8 Å². The van der Waals surface area contributed by atoms with Crippen molar-refractivity contribution in [2.45, 2.75) is 142 Å². The number of esters is 1. The molecule has 0 bridgehead atoms. The van der Waals surface area contributed by atoms with E-state index in [0.717, 1.165) is 19.3 Å². The van der Waals surface area contributed by atoms with Crippen LogP contribution in [-0.4, -0.2) is 23.7 Å². The van der Waals surface area contributed by atoms with Crippen molar-refractivity contribution in [3.8, 4) is 0 Å². The van der Waals surface area contributed by atoms with Crippen LogP contribution in [0.2, 0.25) is 0 Å². The number of ether oxygens (including phenoxy) is 1. The Morgan fingerprint density at radius 1 is 0.735 bits per heavy atom. The van der Waals surface area contributed by atoms with Gasteiger partial charge in [0, 0.05) is 0 Å². The molecule has 0 aliphatic heterocycles. The number of carbonyl (C=O) groups excluding carboxylic acids is 1. The lowest BCUT2D eigenvalue weighted by Gasteiger charge is -2.13. The molecule has 0 aliphatic carbocycles. The molecule has 0 amide bonds. The molecule has 34 heavy (non-hydrogen) atoms. The normalized spacial score (nSPS) is 12.1. The van der Waals surface area contributed by atoms with Gasteiger partial charge in [-0.2, -0.15) is 0 Å². The molecule has 0 saturated carbocycles. The summed E-state index contributed by atoms with van der Waals surface area (Å²) in [5.74, 6) is -1.89. The second-order valence-electron chi connectivity index (χ2n) is 9.71. The van der Waals surface area contributed by atoms with Crippen LogP contribution in [0.15, 0.2) is 24.8 Å². The molecule has 4 heteroatoms. The van der Waals surface area contributed by atoms with Gasteiger partial charge in [-0.1, -0.05) is 128 Å². The highest BCUT2D eigenvalue weighted by atomic mass is 16.5. The first-order chi connectivity index (χ1) is 16.6. The number of allylic oxidation sites excluding steroid dienone is 2. The number of carboxylic acids is 1. The largest absolute Gasteiger partial charge is 0.481 e. The van der Waals surface area contributed by atoms with Crippen molar-refractivity contribution in [1.82, 2.24) is 0 Å². The molecule has 198 valence electrons. The van der Waals surface area contributed by atoms with E-state index in [1.165, 1.54) is 109 Å². The number of hydrogen-bond donors (Lipinski definition) is 1. The van der Waals surface area contributed by atoms with Gasteiger partial charge in [0.15, 0.2) is 0 Å². The summed E-state index contributed by atoms with van der Waals surface area (Å²) in [6.45, 7) is 5.93. The highest BCUT2D eigenvalue weighted by molar-refractivity contribution is 5.79. The highest BCUT2D eigenvalue weighted by Gasteiger charge is 2.22. The Hall–Kier alpha value is -1.58. The van der Waals surface area contributed by atoms with Gasteiger partial charge >= 0.3 is 11.9 Å². The number of unbranched alkanes of at least 4 members (excludes halogenated alkanes) is 17. The van der Waals surface area contributed by atoms with Gasteiger partial charge in [-0.05, 0) is 32.1 Å². The van der Waals surface area contributed by atoms with Crippen LogP contribution in [0.25, 0.3) is 0 Å². The van der Waals surface area contributed by atoms with Gasteiger partial charge < -0.3 is 9.84 Å². The summed E-state index contributed by atoms with van der Waals surface area (Å²) in [6.07, 6.45) is 31.2. The molecule has 0 aromatic carbocycles. The van der Waals surface area contributed by atoms with E-state index >= 15 is 0 Å². The van der Waals surface area contributed by atoms with Crippen molar-refractivity contribution < 1.29 is 19.4 Å². The van der Waals surface area contributed by atoms with E-state index in [1.54, 1.807) is 0 Å². The lowest BCUT2D eigenvalue weighted by atomic mass is 9.97. The van der Waals surface area contributed by atoms with E-state index in [1.807, 2.05) is 0 Å². The fourth-order valence-corrected chi connectivity index (χ4v) is 4.30. The Morgan fingerprint density at radius 3 is 1.62 bits per heavy atom. The molecular formula is C30H54O4. The first-order valence-electron chi connectivity index (χ1n) is 14.3. The smallest absolute Gasteiger partial charge is 0.309 e. The van der Waals surface area contributed by atoms with Crippen molar-refractivity contribution in [2.24, 2.45) is 5.92 Å². The Morgan fingerprint density at radius 2 is 1.18 bits per heavy atom. The molecule has 0 fully saturated rings. The molecule has 0 aliphatic rings. The molecule has 1 atom stereocenters. The third kappa shape index (κ3) is 23.6. The van der Waals surface area contributed by atoms with E-state index in [9.17, 15) is 9.59 Å². The van der Waals surface area contributed by atoms with Gasteiger partial charge in [0.25, 0.3) is 0 Å². The van der Waals surface area contributed by atoms with E-state index in [0.29, 0.717) is 6.42 Å². The lowest BCUT2D eigenvalue weighted by Crippen LogP contribution is -2.21. The minimum absolute atomic E-state index is 0.143. The van der Waals surface area contributed by atoms with Crippen LogP contribution in [0.4, 0.5) is 0 Å². The fourth-order valence-electron chi connectivity index (χ4n) is 4.30. The maximum Gasteiger partial charge on any atom is 0.309 e. The number of aliphatic carboxylic acids is 1. The summed E-state index contributed by atoms with van der Waals surface area (Å²) < 4.78 is 5.03. The van der Waals surface area contributed by atoms with E-state index in [-0.39, 0.29) is 13.0 Å². The number of hydrogen-bond acceptors (Lipinski definition) is 3. The molecule has 0 heterocycles. The molecule has 0 radical (unpaired) electrons. The van der Waals surface area contributed by atoms with Crippen molar-refractivity contribution in [3.63, 3.8) is 0 Å². The molecule has 1 N–H and O–H groups in total. The van der Waals surface area contributed by atoms with Gasteiger partial charge in [-0.25, -0.2) is 0 Å². The van der Waals surface area contributed by atoms with Crippen LogP contribution in [0, 0.1) is 5.92 Å². The number of carbonyl (C=O) groups is 2. The molecule has 0 aromatic heterocycles. The van der Waals surface area contributed by atoms with Crippen LogP contribution in [0.3, 0.4) is 0 Å². The van der Waals surface area contributed by atoms with E-state index in [2.05, 4.69) is 25.7 Å². The second-order valence-corrected chi connectivity index (χ2v) is 9.71. The summed E-state index contributed by atoms with van der Waals surface area (Å²) in [7, 11) is 0. The number of carboxylic acid groups (broad SMARTS) is 1. The monoisotopic (exact) mass is 478 g/mol. The molecule has 0 saturated heterocycles. The molecular weight excluding hydrogens is 424 g/mol. The quantitative estimate of drug-likeness (QED) is 0.0764. The maximum absolute atomic E-state index is 11.9. The topological polar surface area (TPSA) is 63.6 Å². The first-order valence-corrected chi connectivity index (χ1v) is 14.3. The van der Waals surface area contributed by atoms with Crippen LogP contribution in [0.1, 0.15) is 142 Å². The zero-order valence-corrected chi connectivity index (χ0v) is 22.2. The van der Waals surface area contributed by atoms with Gasteiger partial charge in [0.1, 0.15) is 6.61 Å². The van der Waals surface area contributed by atoms with Crippen molar-refractivity contribution in [2.75, 3.05) is 6.61 Å². The van der Waals surface area contributed by atoms with Gasteiger partial charge in [-0.3, -0.25) is 9.59 Å². The zero-order valence-electron chi connectivity index (χ0n) is 22.2. The summed E-state index contributed by atoms with van der Waals surface area (Å²) in [6, 6.07) is 0. The van der Waals surface area contributed by atoms with Crippen molar-refractivity contribution >= 4 is 11.9 Å². The number of rotatable bonds is 26.